The van der Waals surface area contributed by atoms with E-state index in [0.29, 0.717) is 13.0 Å². The van der Waals surface area contributed by atoms with Crippen LogP contribution in [-0.2, 0) is 17.8 Å². The van der Waals surface area contributed by atoms with E-state index in [1.807, 2.05) is 59.5 Å². The van der Waals surface area contributed by atoms with Gasteiger partial charge in [-0.3, -0.25) is 10.1 Å². The van der Waals surface area contributed by atoms with Crippen molar-refractivity contribution in [3.63, 3.8) is 0 Å². The Morgan fingerprint density at radius 3 is 1.86 bits per heavy atom. The molecule has 37 heavy (non-hydrogen) atoms. The van der Waals surface area contributed by atoms with E-state index in [1.165, 1.54) is 0 Å². The number of benzene rings is 3. The lowest BCUT2D eigenvalue weighted by Crippen LogP contribution is -2.53. The molecule has 0 bridgehead atoms. The second-order valence-corrected chi connectivity index (χ2v) is 10.5. The third-order valence-corrected chi connectivity index (χ3v) is 7.82. The molecule has 4 rings (SSSR count). The van der Waals surface area contributed by atoms with E-state index in [4.69, 9.17) is 0 Å². The molecular weight excluding hydrogens is 456 g/mol. The van der Waals surface area contributed by atoms with E-state index >= 15 is 0 Å². The van der Waals surface area contributed by atoms with Gasteiger partial charge in [-0.1, -0.05) is 131 Å². The van der Waals surface area contributed by atoms with Crippen LogP contribution in [0.2, 0.25) is 0 Å². The second kappa shape index (κ2) is 13.0. The average Bonchev–Trinajstić information content (AvgIpc) is 3.22. The lowest BCUT2D eigenvalue weighted by atomic mass is 9.84. The van der Waals surface area contributed by atoms with Crippen LogP contribution in [0.3, 0.4) is 0 Å². The Balaban J connectivity index is 1.69. The summed E-state index contributed by atoms with van der Waals surface area (Å²) < 4.78 is 0. The fraction of sp³-hybridized carbons (Fsp3) is 0.424. The number of carbonyl (C=O) groups is 1. The normalized spacial score (nSPS) is 18.6. The maximum absolute atomic E-state index is 14.2. The van der Waals surface area contributed by atoms with Gasteiger partial charge >= 0.3 is 0 Å². The molecule has 3 aromatic carbocycles. The van der Waals surface area contributed by atoms with Gasteiger partial charge in [0, 0.05) is 12.5 Å². The fourth-order valence-electron chi connectivity index (χ4n) is 5.75. The Bertz CT molecular complexity index is 1080. The number of hydrogen-bond donors (Lipinski definition) is 2. The van der Waals surface area contributed by atoms with Crippen molar-refractivity contribution >= 4 is 5.91 Å². The van der Waals surface area contributed by atoms with Crippen LogP contribution in [0.1, 0.15) is 75.0 Å². The number of carbonyl (C=O) groups excluding carboxylic acids is 1. The maximum atomic E-state index is 14.2. The first-order chi connectivity index (χ1) is 18.1. The summed E-state index contributed by atoms with van der Waals surface area (Å²) in [5.74, 6) is -0.186. The van der Waals surface area contributed by atoms with Crippen molar-refractivity contribution in [2.45, 2.75) is 89.1 Å². The first kappa shape index (κ1) is 27.1. The highest BCUT2D eigenvalue weighted by atomic mass is 16.3. The Morgan fingerprint density at radius 2 is 1.32 bits per heavy atom. The SMILES string of the molecule is CCCCC1(CCCC)N[C@@H]([C@H](O)C(Cc2ccccc2)c2ccccc2)C(=O)N1Cc1ccccc1. The van der Waals surface area contributed by atoms with Crippen LogP contribution in [-0.4, -0.2) is 33.7 Å². The highest BCUT2D eigenvalue weighted by molar-refractivity contribution is 5.86. The fourth-order valence-corrected chi connectivity index (χ4v) is 5.75. The minimum atomic E-state index is -0.849. The lowest BCUT2D eigenvalue weighted by Gasteiger charge is -2.39. The van der Waals surface area contributed by atoms with Gasteiger partial charge < -0.3 is 10.0 Å². The van der Waals surface area contributed by atoms with Crippen molar-refractivity contribution in [3.05, 3.63) is 108 Å². The number of aliphatic hydroxyl groups is 1. The van der Waals surface area contributed by atoms with Crippen molar-refractivity contribution in [2.75, 3.05) is 0 Å². The van der Waals surface area contributed by atoms with Crippen molar-refractivity contribution < 1.29 is 9.90 Å². The molecule has 0 saturated carbocycles. The molecule has 0 radical (unpaired) electrons. The molecule has 4 nitrogen and oxygen atoms in total. The molecule has 4 heteroatoms. The van der Waals surface area contributed by atoms with Crippen molar-refractivity contribution in [1.29, 1.82) is 0 Å². The Labute approximate surface area is 222 Å². The molecule has 3 aromatic rings. The largest absolute Gasteiger partial charge is 0.390 e. The van der Waals surface area contributed by atoms with Crippen LogP contribution in [0.4, 0.5) is 0 Å². The van der Waals surface area contributed by atoms with Crippen molar-refractivity contribution in [3.8, 4) is 0 Å². The van der Waals surface area contributed by atoms with E-state index < -0.39 is 17.8 Å². The number of rotatable bonds is 13. The van der Waals surface area contributed by atoms with Gasteiger partial charge in [-0.25, -0.2) is 0 Å². The summed E-state index contributed by atoms with van der Waals surface area (Å²) in [6.45, 7) is 4.95. The predicted molar refractivity (Wildman–Crippen MR) is 151 cm³/mol. The summed E-state index contributed by atoms with van der Waals surface area (Å²) in [6.07, 6.45) is 5.80. The first-order valence-corrected chi connectivity index (χ1v) is 14.0. The summed E-state index contributed by atoms with van der Waals surface area (Å²) in [4.78, 5) is 16.2. The molecule has 0 spiro atoms. The third kappa shape index (κ3) is 6.49. The average molecular weight is 499 g/mol. The van der Waals surface area contributed by atoms with Gasteiger partial charge in [0.1, 0.15) is 6.04 Å². The highest BCUT2D eigenvalue weighted by Crippen LogP contribution is 2.37. The monoisotopic (exact) mass is 498 g/mol. The van der Waals surface area contributed by atoms with Gasteiger partial charge in [-0.15, -0.1) is 0 Å². The van der Waals surface area contributed by atoms with Gasteiger partial charge in [-0.2, -0.15) is 0 Å². The molecule has 1 saturated heterocycles. The summed E-state index contributed by atoms with van der Waals surface area (Å²) in [5, 5.41) is 15.7. The first-order valence-electron chi connectivity index (χ1n) is 14.0. The molecule has 0 aromatic heterocycles. The molecule has 1 fully saturated rings. The van der Waals surface area contributed by atoms with E-state index in [2.05, 4.69) is 55.6 Å². The Kier molecular flexibility index (Phi) is 9.54. The van der Waals surface area contributed by atoms with E-state index in [-0.39, 0.29) is 11.8 Å². The minimum absolute atomic E-state index is 0.0116. The topological polar surface area (TPSA) is 52.6 Å². The molecule has 1 aliphatic heterocycles. The van der Waals surface area contributed by atoms with Gasteiger partial charge in [0.05, 0.1) is 11.8 Å². The number of unbranched alkanes of at least 4 members (excludes halogenated alkanes) is 2. The smallest absolute Gasteiger partial charge is 0.244 e. The minimum Gasteiger partial charge on any atom is -0.390 e. The lowest BCUT2D eigenvalue weighted by molar-refractivity contribution is -0.135. The second-order valence-electron chi connectivity index (χ2n) is 10.5. The summed E-state index contributed by atoms with van der Waals surface area (Å²) >= 11 is 0. The summed E-state index contributed by atoms with van der Waals surface area (Å²) in [6, 6.07) is 30.0. The molecule has 2 N–H and O–H groups in total. The van der Waals surface area contributed by atoms with E-state index in [9.17, 15) is 9.90 Å². The molecule has 1 amide bonds. The van der Waals surface area contributed by atoms with Crippen LogP contribution in [0.25, 0.3) is 0 Å². The molecular formula is C33H42N2O2. The molecule has 3 atom stereocenters. The standard InChI is InChI=1S/C33H42N2O2/c1-3-5-22-33(23-6-4-2)34-30(32(37)35(33)25-27-18-12-8-13-19-27)31(36)29(28-20-14-9-15-21-28)24-26-16-10-7-11-17-26/h7-21,29-31,34,36H,3-6,22-25H2,1-2H3/t29?,30-,31+/m0/s1. The summed E-state index contributed by atoms with van der Waals surface area (Å²) in [5.41, 5.74) is 2.89. The molecule has 1 unspecified atom stereocenters. The zero-order chi connectivity index (χ0) is 26.1. The van der Waals surface area contributed by atoms with Crippen molar-refractivity contribution in [2.24, 2.45) is 0 Å². The number of aliphatic hydroxyl groups excluding tert-OH is 1. The Morgan fingerprint density at radius 1 is 0.811 bits per heavy atom. The van der Waals surface area contributed by atoms with Crippen LogP contribution < -0.4 is 5.32 Å². The van der Waals surface area contributed by atoms with E-state index in [0.717, 1.165) is 55.2 Å². The molecule has 1 heterocycles. The number of amides is 1. The van der Waals surface area contributed by atoms with Crippen LogP contribution in [0.5, 0.6) is 0 Å². The van der Waals surface area contributed by atoms with Gasteiger partial charge in [0.25, 0.3) is 0 Å². The number of nitrogens with zero attached hydrogens (tertiary/aromatic N) is 1. The molecule has 1 aliphatic rings. The quantitative estimate of drug-likeness (QED) is 0.285. The van der Waals surface area contributed by atoms with Crippen LogP contribution in [0.15, 0.2) is 91.0 Å². The maximum Gasteiger partial charge on any atom is 0.244 e. The molecule has 196 valence electrons. The van der Waals surface area contributed by atoms with Crippen molar-refractivity contribution in [1.82, 2.24) is 10.2 Å². The Hall–Kier alpha value is -2.95. The van der Waals surface area contributed by atoms with Crippen LogP contribution in [0, 0.1) is 0 Å². The van der Waals surface area contributed by atoms with Gasteiger partial charge in [0.15, 0.2) is 0 Å². The summed E-state index contributed by atoms with van der Waals surface area (Å²) in [7, 11) is 0. The number of hydrogen-bond acceptors (Lipinski definition) is 3. The van der Waals surface area contributed by atoms with Gasteiger partial charge in [0.2, 0.25) is 5.91 Å². The zero-order valence-corrected chi connectivity index (χ0v) is 22.4. The molecule has 0 aliphatic carbocycles. The number of nitrogens with one attached hydrogen (secondary N) is 1. The zero-order valence-electron chi connectivity index (χ0n) is 22.4. The van der Waals surface area contributed by atoms with Gasteiger partial charge in [-0.05, 0) is 36.0 Å². The van der Waals surface area contributed by atoms with Crippen LogP contribution >= 0.6 is 0 Å². The highest BCUT2D eigenvalue weighted by Gasteiger charge is 2.52. The predicted octanol–water partition coefficient (Wildman–Crippen LogP) is 6.45. The van der Waals surface area contributed by atoms with E-state index in [1.54, 1.807) is 0 Å². The third-order valence-electron chi connectivity index (χ3n) is 7.82.